The quantitative estimate of drug-likeness (QED) is 0.756. The highest BCUT2D eigenvalue weighted by atomic mass is 16.4. The van der Waals surface area contributed by atoms with Crippen LogP contribution in [0.5, 0.6) is 0 Å². The Labute approximate surface area is 92.3 Å². The molecule has 1 amide bonds. The third kappa shape index (κ3) is 2.21. The third-order valence-electron chi connectivity index (χ3n) is 2.54. The normalized spacial score (nSPS) is 16.8. The maximum Gasteiger partial charge on any atom is 0.331 e. The molecule has 1 saturated carbocycles. The Morgan fingerprint density at radius 3 is 2.75 bits per heavy atom. The smallest absolute Gasteiger partial charge is 0.331 e. The molecule has 1 heterocycles. The molecule has 1 aromatic rings. The molecule has 0 spiro atoms. The van der Waals surface area contributed by atoms with E-state index in [0.717, 1.165) is 12.8 Å². The van der Waals surface area contributed by atoms with Gasteiger partial charge in [0.25, 0.3) is 0 Å². The highest BCUT2D eigenvalue weighted by Gasteiger charge is 2.33. The number of aliphatic carboxylic acids is 1. The molecular weight excluding hydrogens is 210 g/mol. The lowest BCUT2D eigenvalue weighted by molar-refractivity contribution is -0.142. The number of hydrogen-bond donors (Lipinski definition) is 2. The number of hydrogen-bond acceptors (Lipinski definition) is 3. The minimum absolute atomic E-state index is 0.00137. The molecule has 0 saturated heterocycles. The number of nitrogens with zero attached hydrogens (tertiary/aromatic N) is 2. The standard InChI is InChI=1S/C10H13N3O3/c1-13-5-7(4-11-13)8(10(15)16)12-9(14)6-2-3-6/h4-6,8H,2-3H2,1H3,(H,12,14)(H,15,16). The minimum Gasteiger partial charge on any atom is -0.479 e. The number of aromatic nitrogens is 2. The van der Waals surface area contributed by atoms with Gasteiger partial charge in [-0.2, -0.15) is 5.10 Å². The van der Waals surface area contributed by atoms with E-state index in [1.807, 2.05) is 0 Å². The van der Waals surface area contributed by atoms with Crippen LogP contribution in [0.4, 0.5) is 0 Å². The van der Waals surface area contributed by atoms with Crippen LogP contribution in [0.15, 0.2) is 12.4 Å². The highest BCUT2D eigenvalue weighted by Crippen LogP contribution is 2.29. The first-order valence-electron chi connectivity index (χ1n) is 5.09. The van der Waals surface area contributed by atoms with E-state index in [-0.39, 0.29) is 11.8 Å². The van der Waals surface area contributed by atoms with Gasteiger partial charge >= 0.3 is 5.97 Å². The van der Waals surface area contributed by atoms with Crippen molar-refractivity contribution in [3.63, 3.8) is 0 Å². The maximum atomic E-state index is 11.5. The van der Waals surface area contributed by atoms with Gasteiger partial charge in [-0.15, -0.1) is 0 Å². The number of aryl methyl sites for hydroxylation is 1. The van der Waals surface area contributed by atoms with E-state index < -0.39 is 12.0 Å². The second-order valence-corrected chi connectivity index (χ2v) is 4.00. The van der Waals surface area contributed by atoms with E-state index >= 15 is 0 Å². The van der Waals surface area contributed by atoms with Gasteiger partial charge < -0.3 is 10.4 Å². The number of carboxylic acid groups (broad SMARTS) is 1. The number of nitrogens with one attached hydrogen (secondary N) is 1. The zero-order valence-corrected chi connectivity index (χ0v) is 8.88. The fraction of sp³-hybridized carbons (Fsp3) is 0.500. The summed E-state index contributed by atoms with van der Waals surface area (Å²) in [6.45, 7) is 0. The Balaban J connectivity index is 2.10. The predicted molar refractivity (Wildman–Crippen MR) is 54.5 cm³/mol. The lowest BCUT2D eigenvalue weighted by Gasteiger charge is -2.12. The van der Waals surface area contributed by atoms with Crippen molar-refractivity contribution in [2.24, 2.45) is 13.0 Å². The van der Waals surface area contributed by atoms with Crippen LogP contribution >= 0.6 is 0 Å². The van der Waals surface area contributed by atoms with Crippen LogP contribution in [0, 0.1) is 5.92 Å². The molecule has 1 unspecified atom stereocenters. The summed E-state index contributed by atoms with van der Waals surface area (Å²) in [6.07, 6.45) is 4.74. The van der Waals surface area contributed by atoms with Crippen LogP contribution in [-0.4, -0.2) is 26.8 Å². The topological polar surface area (TPSA) is 84.2 Å². The molecule has 0 radical (unpaired) electrons. The van der Waals surface area contributed by atoms with Crippen molar-refractivity contribution in [2.45, 2.75) is 18.9 Å². The molecule has 2 N–H and O–H groups in total. The lowest BCUT2D eigenvalue weighted by Crippen LogP contribution is -2.34. The summed E-state index contributed by atoms with van der Waals surface area (Å²) in [5, 5.41) is 15.4. The molecule has 2 rings (SSSR count). The van der Waals surface area contributed by atoms with Gasteiger partial charge in [0.2, 0.25) is 5.91 Å². The highest BCUT2D eigenvalue weighted by molar-refractivity contribution is 5.86. The molecule has 86 valence electrons. The van der Waals surface area contributed by atoms with Crippen LogP contribution in [0.25, 0.3) is 0 Å². The van der Waals surface area contributed by atoms with Gasteiger partial charge in [-0.1, -0.05) is 0 Å². The molecule has 1 aliphatic rings. The predicted octanol–water partition coefficient (Wildman–Crippen LogP) is 0.0720. The van der Waals surface area contributed by atoms with Gasteiger partial charge in [0.05, 0.1) is 6.20 Å². The van der Waals surface area contributed by atoms with Gasteiger partial charge in [0.1, 0.15) is 0 Å². The van der Waals surface area contributed by atoms with Gasteiger partial charge in [-0.05, 0) is 12.8 Å². The van der Waals surface area contributed by atoms with Crippen LogP contribution < -0.4 is 5.32 Å². The van der Waals surface area contributed by atoms with E-state index in [0.29, 0.717) is 5.56 Å². The molecule has 1 atom stereocenters. The van der Waals surface area contributed by atoms with Gasteiger partial charge in [0.15, 0.2) is 6.04 Å². The number of carboxylic acids is 1. The number of carbonyl (C=O) groups excluding carboxylic acids is 1. The molecule has 1 fully saturated rings. The van der Waals surface area contributed by atoms with Crippen molar-refractivity contribution in [1.29, 1.82) is 0 Å². The average molecular weight is 223 g/mol. The third-order valence-corrected chi connectivity index (χ3v) is 2.54. The van der Waals surface area contributed by atoms with E-state index in [2.05, 4.69) is 10.4 Å². The molecule has 1 aromatic heterocycles. The molecule has 1 aliphatic carbocycles. The molecular formula is C10H13N3O3. The summed E-state index contributed by atoms with van der Waals surface area (Å²) < 4.78 is 1.51. The number of amides is 1. The number of rotatable bonds is 4. The van der Waals surface area contributed by atoms with E-state index in [9.17, 15) is 9.59 Å². The number of carbonyl (C=O) groups is 2. The summed E-state index contributed by atoms with van der Waals surface area (Å²) in [7, 11) is 1.70. The Hall–Kier alpha value is -1.85. The average Bonchev–Trinajstić information content (AvgIpc) is 2.98. The van der Waals surface area contributed by atoms with Crippen molar-refractivity contribution < 1.29 is 14.7 Å². The van der Waals surface area contributed by atoms with Crippen LogP contribution in [0.3, 0.4) is 0 Å². The van der Waals surface area contributed by atoms with Gasteiger partial charge in [0, 0.05) is 24.7 Å². The van der Waals surface area contributed by atoms with Crippen molar-refractivity contribution in [3.05, 3.63) is 18.0 Å². The molecule has 0 bridgehead atoms. The lowest BCUT2D eigenvalue weighted by atomic mass is 10.1. The fourth-order valence-corrected chi connectivity index (χ4v) is 1.48. The summed E-state index contributed by atoms with van der Waals surface area (Å²) in [5.41, 5.74) is 0.490. The molecule has 6 nitrogen and oxygen atoms in total. The first-order chi connectivity index (χ1) is 7.58. The van der Waals surface area contributed by atoms with Gasteiger partial charge in [-0.3, -0.25) is 9.48 Å². The summed E-state index contributed by atoms with van der Waals surface area (Å²) in [6, 6.07) is -0.998. The van der Waals surface area contributed by atoms with E-state index in [1.54, 1.807) is 13.2 Å². The van der Waals surface area contributed by atoms with E-state index in [4.69, 9.17) is 5.11 Å². The first-order valence-corrected chi connectivity index (χ1v) is 5.09. The molecule has 16 heavy (non-hydrogen) atoms. The summed E-state index contributed by atoms with van der Waals surface area (Å²) in [4.78, 5) is 22.5. The monoisotopic (exact) mass is 223 g/mol. The van der Waals surface area contributed by atoms with Crippen molar-refractivity contribution in [3.8, 4) is 0 Å². The molecule has 6 heteroatoms. The van der Waals surface area contributed by atoms with Crippen molar-refractivity contribution >= 4 is 11.9 Å². The van der Waals surface area contributed by atoms with Crippen LogP contribution in [0.1, 0.15) is 24.4 Å². The summed E-state index contributed by atoms with van der Waals surface area (Å²) >= 11 is 0. The first kappa shape index (κ1) is 10.7. The SMILES string of the molecule is Cn1cc(C(NC(=O)C2CC2)C(=O)O)cn1. The zero-order valence-electron chi connectivity index (χ0n) is 8.88. The Morgan fingerprint density at radius 2 is 2.31 bits per heavy atom. The molecule has 0 aliphatic heterocycles. The fourth-order valence-electron chi connectivity index (χ4n) is 1.48. The Morgan fingerprint density at radius 1 is 1.62 bits per heavy atom. The minimum atomic E-state index is -1.07. The summed E-state index contributed by atoms with van der Waals surface area (Å²) in [5.74, 6) is -1.25. The van der Waals surface area contributed by atoms with E-state index in [1.165, 1.54) is 10.9 Å². The van der Waals surface area contributed by atoms with Gasteiger partial charge in [-0.25, -0.2) is 4.79 Å². The second kappa shape index (κ2) is 3.96. The van der Waals surface area contributed by atoms with Crippen LogP contribution in [0.2, 0.25) is 0 Å². The van der Waals surface area contributed by atoms with Crippen molar-refractivity contribution in [1.82, 2.24) is 15.1 Å². The van der Waals surface area contributed by atoms with Crippen molar-refractivity contribution in [2.75, 3.05) is 0 Å². The molecule has 0 aromatic carbocycles. The zero-order chi connectivity index (χ0) is 11.7. The largest absolute Gasteiger partial charge is 0.479 e. The Bertz CT molecular complexity index is 423. The maximum absolute atomic E-state index is 11.5. The van der Waals surface area contributed by atoms with Crippen LogP contribution in [-0.2, 0) is 16.6 Å². The second-order valence-electron chi connectivity index (χ2n) is 4.00. The Kier molecular flexibility index (Phi) is 2.64.